The highest BCUT2D eigenvalue weighted by molar-refractivity contribution is 5.85. The van der Waals surface area contributed by atoms with Crippen LogP contribution in [-0.4, -0.2) is 43.9 Å². The van der Waals surface area contributed by atoms with Crippen molar-refractivity contribution in [1.29, 1.82) is 0 Å². The van der Waals surface area contributed by atoms with Crippen LogP contribution in [0, 0.1) is 0 Å². The molecular formula is C23H24F3NO5. The number of alkyl halides is 3. The average molecular weight is 451 g/mol. The molecule has 1 aliphatic heterocycles. The van der Waals surface area contributed by atoms with E-state index in [1.54, 1.807) is 0 Å². The van der Waals surface area contributed by atoms with Crippen molar-refractivity contribution in [2.75, 3.05) is 20.7 Å². The first-order valence-corrected chi connectivity index (χ1v) is 9.73. The number of ether oxygens (including phenoxy) is 2. The summed E-state index contributed by atoms with van der Waals surface area (Å²) in [5, 5.41) is 10.3. The van der Waals surface area contributed by atoms with Crippen LogP contribution in [0.1, 0.15) is 28.7 Å². The van der Waals surface area contributed by atoms with E-state index in [9.17, 15) is 18.0 Å². The number of carbonyl (C=O) groups excluding carboxylic acids is 1. The molecule has 1 heterocycles. The van der Waals surface area contributed by atoms with Gasteiger partial charge in [-0.05, 0) is 54.4 Å². The Kier molecular flexibility index (Phi) is 8.83. The number of fused-ring (bicyclic) bond motifs is 2. The molecular weight excluding hydrogens is 427 g/mol. The molecule has 0 bridgehead atoms. The van der Waals surface area contributed by atoms with Gasteiger partial charge in [-0.15, -0.1) is 0 Å². The van der Waals surface area contributed by atoms with Gasteiger partial charge in [0.15, 0.2) is 0 Å². The largest absolute Gasteiger partial charge is 0.490 e. The van der Waals surface area contributed by atoms with E-state index in [4.69, 9.17) is 19.4 Å². The molecule has 2 aromatic carbocycles. The van der Waals surface area contributed by atoms with Crippen LogP contribution in [0.15, 0.2) is 48.5 Å². The summed E-state index contributed by atoms with van der Waals surface area (Å²) in [6, 6.07) is 14.2. The number of esters is 1. The predicted molar refractivity (Wildman–Crippen MR) is 112 cm³/mol. The van der Waals surface area contributed by atoms with Crippen molar-refractivity contribution in [3.05, 3.63) is 70.8 Å². The Morgan fingerprint density at radius 2 is 1.88 bits per heavy atom. The zero-order valence-electron chi connectivity index (χ0n) is 17.7. The zero-order valence-corrected chi connectivity index (χ0v) is 17.7. The molecule has 0 aliphatic carbocycles. The third-order valence-corrected chi connectivity index (χ3v) is 4.59. The van der Waals surface area contributed by atoms with E-state index in [0.717, 1.165) is 35.4 Å². The van der Waals surface area contributed by atoms with Crippen LogP contribution in [0.5, 0.6) is 5.75 Å². The van der Waals surface area contributed by atoms with Crippen LogP contribution in [0.4, 0.5) is 13.2 Å². The summed E-state index contributed by atoms with van der Waals surface area (Å²) in [4.78, 5) is 20.5. The smallest absolute Gasteiger partial charge is 0.488 e. The van der Waals surface area contributed by atoms with Crippen LogP contribution >= 0.6 is 0 Å². The summed E-state index contributed by atoms with van der Waals surface area (Å²) >= 11 is 0. The fraction of sp³-hybridized carbons (Fsp3) is 0.304. The number of halogens is 3. The zero-order chi connectivity index (χ0) is 23.7. The molecule has 0 saturated heterocycles. The van der Waals surface area contributed by atoms with E-state index in [-0.39, 0.29) is 12.4 Å². The molecule has 0 atom stereocenters. The van der Waals surface area contributed by atoms with E-state index in [0.29, 0.717) is 6.61 Å². The first-order chi connectivity index (χ1) is 15.2. The average Bonchev–Trinajstić information content (AvgIpc) is 2.90. The molecule has 172 valence electrons. The van der Waals surface area contributed by atoms with Crippen molar-refractivity contribution in [2.24, 2.45) is 0 Å². The molecule has 9 heteroatoms. The van der Waals surface area contributed by atoms with Crippen LogP contribution in [0.2, 0.25) is 0 Å². The summed E-state index contributed by atoms with van der Waals surface area (Å²) in [5.74, 6) is -2.15. The van der Waals surface area contributed by atoms with Gasteiger partial charge in [0.1, 0.15) is 12.4 Å². The van der Waals surface area contributed by atoms with Gasteiger partial charge in [0.2, 0.25) is 0 Å². The predicted octanol–water partition coefficient (Wildman–Crippen LogP) is 3.97. The fourth-order valence-electron chi connectivity index (χ4n) is 3.05. The van der Waals surface area contributed by atoms with Crippen LogP contribution in [-0.2, 0) is 27.4 Å². The summed E-state index contributed by atoms with van der Waals surface area (Å²) < 4.78 is 42.6. The summed E-state index contributed by atoms with van der Waals surface area (Å²) in [6.45, 7) is 1.45. The Morgan fingerprint density at radius 3 is 2.50 bits per heavy atom. The number of hydrogen-bond acceptors (Lipinski definition) is 5. The SMILES string of the molecule is CNCCC=C1c2ccccc2COc2ccc(CC(=O)OC)cc21.O=C(O)C(F)(F)F. The lowest BCUT2D eigenvalue weighted by Gasteiger charge is -2.12. The van der Waals surface area contributed by atoms with Gasteiger partial charge in [0.05, 0.1) is 13.5 Å². The van der Waals surface area contributed by atoms with Crippen LogP contribution in [0.3, 0.4) is 0 Å². The minimum atomic E-state index is -5.08. The van der Waals surface area contributed by atoms with Gasteiger partial charge in [0.25, 0.3) is 0 Å². The molecule has 0 aromatic heterocycles. The van der Waals surface area contributed by atoms with Crippen molar-refractivity contribution < 1.29 is 37.3 Å². The number of nitrogens with one attached hydrogen (secondary N) is 1. The quantitative estimate of drug-likeness (QED) is 0.529. The standard InChI is InChI=1S/C21H23NO3.C2HF3O2/c1-22-11-5-8-18-17-7-4-3-6-16(17)14-25-20-10-9-15(12-19(18)20)13-21(23)24-2;3-2(4,5)1(6)7/h3-4,6-10,12,22H,5,11,13-14H2,1-2H3;(H,6,7). The Hall–Kier alpha value is -3.33. The maximum Gasteiger partial charge on any atom is 0.490 e. The third kappa shape index (κ3) is 6.84. The molecule has 2 aromatic rings. The molecule has 0 radical (unpaired) electrons. The maximum absolute atomic E-state index is 11.6. The second-order valence-corrected chi connectivity index (χ2v) is 6.84. The number of rotatable bonds is 5. The lowest BCUT2D eigenvalue weighted by Crippen LogP contribution is -2.21. The van der Waals surface area contributed by atoms with Gasteiger partial charge in [-0.3, -0.25) is 4.79 Å². The highest BCUT2D eigenvalue weighted by Gasteiger charge is 2.38. The van der Waals surface area contributed by atoms with E-state index in [2.05, 4.69) is 23.5 Å². The van der Waals surface area contributed by atoms with E-state index in [1.807, 2.05) is 37.4 Å². The fourth-order valence-corrected chi connectivity index (χ4v) is 3.05. The normalized spacial score (nSPS) is 13.6. The number of methoxy groups -OCH3 is 1. The second kappa shape index (κ2) is 11.3. The molecule has 32 heavy (non-hydrogen) atoms. The van der Waals surface area contributed by atoms with Gasteiger partial charge in [-0.25, -0.2) is 4.79 Å². The second-order valence-electron chi connectivity index (χ2n) is 6.84. The number of aliphatic carboxylic acids is 1. The lowest BCUT2D eigenvalue weighted by molar-refractivity contribution is -0.192. The maximum atomic E-state index is 11.6. The molecule has 6 nitrogen and oxygen atoms in total. The minimum Gasteiger partial charge on any atom is -0.488 e. The van der Waals surface area contributed by atoms with Crippen LogP contribution in [0.25, 0.3) is 5.57 Å². The van der Waals surface area contributed by atoms with Gasteiger partial charge < -0.3 is 19.9 Å². The molecule has 0 fully saturated rings. The molecule has 0 unspecified atom stereocenters. The van der Waals surface area contributed by atoms with Crippen molar-refractivity contribution >= 4 is 17.5 Å². The van der Waals surface area contributed by atoms with Crippen molar-refractivity contribution in [3.63, 3.8) is 0 Å². The molecule has 0 saturated carbocycles. The number of benzene rings is 2. The summed E-state index contributed by atoms with van der Waals surface area (Å²) in [5.41, 5.74) is 5.47. The van der Waals surface area contributed by atoms with E-state index < -0.39 is 12.1 Å². The topological polar surface area (TPSA) is 84.9 Å². The van der Waals surface area contributed by atoms with Crippen molar-refractivity contribution in [3.8, 4) is 5.75 Å². The number of carboxylic acid groups (broad SMARTS) is 1. The van der Waals surface area contributed by atoms with Crippen molar-refractivity contribution in [2.45, 2.75) is 25.6 Å². The Labute approximate surface area is 183 Å². The Bertz CT molecular complexity index is 986. The highest BCUT2D eigenvalue weighted by atomic mass is 19.4. The summed E-state index contributed by atoms with van der Waals surface area (Å²) in [6.07, 6.45) is -1.67. The van der Waals surface area contributed by atoms with Crippen molar-refractivity contribution in [1.82, 2.24) is 5.32 Å². The van der Waals surface area contributed by atoms with Crippen LogP contribution < -0.4 is 10.1 Å². The molecule has 0 amide bonds. The molecule has 1 aliphatic rings. The monoisotopic (exact) mass is 451 g/mol. The van der Waals surface area contributed by atoms with E-state index in [1.165, 1.54) is 18.2 Å². The summed E-state index contributed by atoms with van der Waals surface area (Å²) in [7, 11) is 3.36. The molecule has 2 N–H and O–H groups in total. The molecule has 3 rings (SSSR count). The van der Waals surface area contributed by atoms with Gasteiger partial charge >= 0.3 is 18.1 Å². The minimum absolute atomic E-state index is 0.240. The first kappa shape index (κ1) is 24.9. The first-order valence-electron chi connectivity index (χ1n) is 9.73. The third-order valence-electron chi connectivity index (χ3n) is 4.59. The number of carboxylic acids is 1. The highest BCUT2D eigenvalue weighted by Crippen LogP contribution is 2.37. The lowest BCUT2D eigenvalue weighted by atomic mass is 9.92. The van der Waals surface area contributed by atoms with Gasteiger partial charge in [-0.1, -0.05) is 36.4 Å². The van der Waals surface area contributed by atoms with E-state index >= 15 is 0 Å². The number of hydrogen-bond donors (Lipinski definition) is 2. The Balaban J connectivity index is 0.000000451. The number of carbonyl (C=O) groups is 2. The van der Waals surface area contributed by atoms with Gasteiger partial charge in [0, 0.05) is 5.56 Å². The Morgan fingerprint density at radius 1 is 1.19 bits per heavy atom. The molecule has 0 spiro atoms. The van der Waals surface area contributed by atoms with Gasteiger partial charge in [-0.2, -0.15) is 13.2 Å².